The van der Waals surface area contributed by atoms with Gasteiger partial charge in [-0.05, 0) is 68.6 Å². The zero-order valence-corrected chi connectivity index (χ0v) is 19.3. The standard InChI is InChI=1S/C29H35NO2/c1-3-32-27-17-15-25(16-18-27)29(31,26-14-10-11-23(2)21-26)28(24-12-6-4-7-13-24)22-30-19-8-5-9-20-30/h4,6-7,10-18,21,28,31H,3,5,8-9,19-20,22H2,1-2H3/t28-,29-/m0/s1. The molecular weight excluding hydrogens is 394 g/mol. The SMILES string of the molecule is CCOc1ccc([C@](O)(c2cccc(C)c2)[C@@H](CN2CCCCC2)c2ccccc2)cc1. The van der Waals surface area contributed by atoms with E-state index in [0.29, 0.717) is 6.61 Å². The Morgan fingerprint density at radius 3 is 2.25 bits per heavy atom. The van der Waals surface area contributed by atoms with Gasteiger partial charge in [-0.1, -0.05) is 78.7 Å². The van der Waals surface area contributed by atoms with E-state index in [4.69, 9.17) is 4.74 Å². The second-order valence-corrected chi connectivity index (χ2v) is 8.92. The van der Waals surface area contributed by atoms with Gasteiger partial charge in [0.2, 0.25) is 0 Å². The second-order valence-electron chi connectivity index (χ2n) is 8.92. The highest BCUT2D eigenvalue weighted by atomic mass is 16.5. The van der Waals surface area contributed by atoms with E-state index in [0.717, 1.165) is 47.6 Å². The average Bonchev–Trinajstić information content (AvgIpc) is 2.84. The first-order valence-electron chi connectivity index (χ1n) is 11.9. The summed E-state index contributed by atoms with van der Waals surface area (Å²) in [6.45, 7) is 7.71. The summed E-state index contributed by atoms with van der Waals surface area (Å²) >= 11 is 0. The number of hydrogen-bond acceptors (Lipinski definition) is 3. The highest BCUT2D eigenvalue weighted by molar-refractivity contribution is 5.44. The summed E-state index contributed by atoms with van der Waals surface area (Å²) in [5, 5.41) is 12.7. The van der Waals surface area contributed by atoms with Crippen LogP contribution in [0, 0.1) is 6.92 Å². The second kappa shape index (κ2) is 10.3. The van der Waals surface area contributed by atoms with Crippen LogP contribution in [0.5, 0.6) is 5.75 Å². The molecule has 4 rings (SSSR count). The molecule has 3 nitrogen and oxygen atoms in total. The number of hydrogen-bond donors (Lipinski definition) is 1. The normalized spacial score (nSPS) is 17.5. The van der Waals surface area contributed by atoms with Crippen molar-refractivity contribution < 1.29 is 9.84 Å². The summed E-state index contributed by atoms with van der Waals surface area (Å²) in [6.07, 6.45) is 3.76. The smallest absolute Gasteiger partial charge is 0.123 e. The summed E-state index contributed by atoms with van der Waals surface area (Å²) in [4.78, 5) is 2.52. The van der Waals surface area contributed by atoms with Gasteiger partial charge < -0.3 is 14.7 Å². The number of likely N-dealkylation sites (tertiary alicyclic amines) is 1. The fourth-order valence-corrected chi connectivity index (χ4v) is 4.99. The number of benzene rings is 3. The Balaban J connectivity index is 1.84. The molecule has 1 heterocycles. The molecule has 0 spiro atoms. The fourth-order valence-electron chi connectivity index (χ4n) is 4.99. The van der Waals surface area contributed by atoms with Gasteiger partial charge in [0, 0.05) is 12.5 Å². The number of piperidine rings is 1. The van der Waals surface area contributed by atoms with Crippen molar-refractivity contribution in [3.8, 4) is 5.75 Å². The van der Waals surface area contributed by atoms with Crippen molar-refractivity contribution in [1.29, 1.82) is 0 Å². The van der Waals surface area contributed by atoms with Crippen molar-refractivity contribution in [3.63, 3.8) is 0 Å². The largest absolute Gasteiger partial charge is 0.494 e. The molecule has 0 bridgehead atoms. The molecule has 0 aliphatic carbocycles. The highest BCUT2D eigenvalue weighted by Crippen LogP contribution is 2.44. The van der Waals surface area contributed by atoms with Gasteiger partial charge in [0.1, 0.15) is 11.4 Å². The van der Waals surface area contributed by atoms with Crippen LogP contribution >= 0.6 is 0 Å². The summed E-state index contributed by atoms with van der Waals surface area (Å²) in [5.74, 6) is 0.733. The van der Waals surface area contributed by atoms with Crippen molar-refractivity contribution >= 4 is 0 Å². The van der Waals surface area contributed by atoms with Crippen LogP contribution in [0.1, 0.15) is 54.4 Å². The molecule has 1 fully saturated rings. The Labute approximate surface area is 192 Å². The number of nitrogens with zero attached hydrogens (tertiary/aromatic N) is 1. The zero-order valence-electron chi connectivity index (χ0n) is 19.3. The van der Waals surface area contributed by atoms with Crippen LogP contribution in [0.3, 0.4) is 0 Å². The van der Waals surface area contributed by atoms with Gasteiger partial charge in [-0.3, -0.25) is 0 Å². The van der Waals surface area contributed by atoms with Gasteiger partial charge >= 0.3 is 0 Å². The molecule has 0 saturated carbocycles. The van der Waals surface area contributed by atoms with Crippen molar-refractivity contribution in [2.75, 3.05) is 26.2 Å². The Morgan fingerprint density at radius 1 is 0.875 bits per heavy atom. The summed E-state index contributed by atoms with van der Waals surface area (Å²) in [6, 6.07) is 26.8. The third-order valence-electron chi connectivity index (χ3n) is 6.66. The monoisotopic (exact) mass is 429 g/mol. The van der Waals surface area contributed by atoms with Crippen LogP contribution in [0.2, 0.25) is 0 Å². The summed E-state index contributed by atoms with van der Waals surface area (Å²) < 4.78 is 5.68. The average molecular weight is 430 g/mol. The molecule has 0 amide bonds. The van der Waals surface area contributed by atoms with Gasteiger partial charge in [-0.2, -0.15) is 0 Å². The van der Waals surface area contributed by atoms with E-state index >= 15 is 0 Å². The topological polar surface area (TPSA) is 32.7 Å². The molecule has 3 heteroatoms. The van der Waals surface area contributed by atoms with Gasteiger partial charge in [-0.25, -0.2) is 0 Å². The molecule has 1 aliphatic rings. The van der Waals surface area contributed by atoms with E-state index in [9.17, 15) is 5.11 Å². The van der Waals surface area contributed by atoms with E-state index in [2.05, 4.69) is 54.3 Å². The number of aryl methyl sites for hydroxylation is 1. The molecule has 0 aromatic heterocycles. The van der Waals surface area contributed by atoms with E-state index in [1.54, 1.807) is 0 Å². The first-order valence-corrected chi connectivity index (χ1v) is 11.9. The predicted molar refractivity (Wildman–Crippen MR) is 131 cm³/mol. The molecule has 2 atom stereocenters. The van der Waals surface area contributed by atoms with Crippen molar-refractivity contribution in [2.24, 2.45) is 0 Å². The molecule has 1 aliphatic heterocycles. The van der Waals surface area contributed by atoms with E-state index in [1.807, 2.05) is 43.3 Å². The van der Waals surface area contributed by atoms with Crippen LogP contribution in [-0.4, -0.2) is 36.2 Å². The van der Waals surface area contributed by atoms with Crippen molar-refractivity contribution in [2.45, 2.75) is 44.6 Å². The Bertz CT molecular complexity index is 980. The number of rotatable bonds is 8. The molecule has 0 unspecified atom stereocenters. The van der Waals surface area contributed by atoms with Gasteiger partial charge in [0.05, 0.1) is 6.61 Å². The van der Waals surface area contributed by atoms with E-state index < -0.39 is 5.60 Å². The maximum Gasteiger partial charge on any atom is 0.123 e. The zero-order chi connectivity index (χ0) is 22.4. The Kier molecular flexibility index (Phi) is 7.29. The molecule has 1 saturated heterocycles. The van der Waals surface area contributed by atoms with Crippen LogP contribution in [0.15, 0.2) is 78.9 Å². The highest BCUT2D eigenvalue weighted by Gasteiger charge is 2.42. The van der Waals surface area contributed by atoms with E-state index in [1.165, 1.54) is 19.3 Å². The minimum absolute atomic E-state index is 0.0958. The van der Waals surface area contributed by atoms with Gasteiger partial charge in [-0.15, -0.1) is 0 Å². The minimum Gasteiger partial charge on any atom is -0.494 e. The first kappa shape index (κ1) is 22.6. The van der Waals surface area contributed by atoms with Crippen LogP contribution in [-0.2, 0) is 5.60 Å². The third-order valence-corrected chi connectivity index (χ3v) is 6.66. The maximum absolute atomic E-state index is 12.7. The Morgan fingerprint density at radius 2 is 1.59 bits per heavy atom. The lowest BCUT2D eigenvalue weighted by atomic mass is 9.72. The fraction of sp³-hybridized carbons (Fsp3) is 0.379. The molecular formula is C29H35NO2. The maximum atomic E-state index is 12.7. The molecule has 1 N–H and O–H groups in total. The molecule has 32 heavy (non-hydrogen) atoms. The Hall–Kier alpha value is -2.62. The van der Waals surface area contributed by atoms with Crippen LogP contribution < -0.4 is 4.74 Å². The molecule has 0 radical (unpaired) electrons. The first-order chi connectivity index (χ1) is 15.6. The quantitative estimate of drug-likeness (QED) is 0.484. The lowest BCUT2D eigenvalue weighted by Gasteiger charge is -2.41. The molecule has 3 aromatic rings. The summed E-state index contributed by atoms with van der Waals surface area (Å²) in [5.41, 5.74) is 2.99. The lowest BCUT2D eigenvalue weighted by molar-refractivity contribution is 0.0309. The van der Waals surface area contributed by atoms with Crippen molar-refractivity contribution in [3.05, 3.63) is 101 Å². The molecule has 168 valence electrons. The van der Waals surface area contributed by atoms with Gasteiger partial charge in [0.15, 0.2) is 0 Å². The third kappa shape index (κ3) is 4.90. The van der Waals surface area contributed by atoms with Crippen LogP contribution in [0.25, 0.3) is 0 Å². The number of aliphatic hydroxyl groups is 1. The summed E-state index contributed by atoms with van der Waals surface area (Å²) in [7, 11) is 0. The number of ether oxygens (including phenoxy) is 1. The lowest BCUT2D eigenvalue weighted by Crippen LogP contribution is -2.43. The van der Waals surface area contributed by atoms with E-state index in [-0.39, 0.29) is 5.92 Å². The minimum atomic E-state index is -1.16. The van der Waals surface area contributed by atoms with Crippen molar-refractivity contribution in [1.82, 2.24) is 4.90 Å². The predicted octanol–water partition coefficient (Wildman–Crippen LogP) is 5.90. The van der Waals surface area contributed by atoms with Gasteiger partial charge in [0.25, 0.3) is 0 Å². The van der Waals surface area contributed by atoms with Crippen LogP contribution in [0.4, 0.5) is 0 Å². The molecule has 3 aromatic carbocycles.